The fourth-order valence-electron chi connectivity index (χ4n) is 2.45. The predicted octanol–water partition coefficient (Wildman–Crippen LogP) is 3.19. The van der Waals surface area contributed by atoms with Gasteiger partial charge in [-0.2, -0.15) is 0 Å². The second-order valence-electron chi connectivity index (χ2n) is 6.98. The van der Waals surface area contributed by atoms with Crippen LogP contribution in [-0.4, -0.2) is 36.5 Å². The van der Waals surface area contributed by atoms with Gasteiger partial charge in [0.25, 0.3) is 11.8 Å². The van der Waals surface area contributed by atoms with Crippen molar-refractivity contribution in [2.24, 2.45) is 5.41 Å². The van der Waals surface area contributed by atoms with Crippen LogP contribution in [0.4, 0.5) is 5.69 Å². The summed E-state index contributed by atoms with van der Waals surface area (Å²) in [5, 5.41) is 11.8. The number of anilines is 1. The minimum Gasteiger partial charge on any atom is -0.481 e. The highest BCUT2D eigenvalue weighted by molar-refractivity contribution is 6.07. The molecule has 2 amide bonds. The fourth-order valence-corrected chi connectivity index (χ4v) is 2.45. The highest BCUT2D eigenvalue weighted by atomic mass is 16.4. The summed E-state index contributed by atoms with van der Waals surface area (Å²) in [5.41, 5.74) is 0.604. The Labute approximate surface area is 158 Å². The lowest BCUT2D eigenvalue weighted by molar-refractivity contribution is -0.147. The Morgan fingerprint density at radius 3 is 2.26 bits per heavy atom. The molecular weight excluding hydrogens is 344 g/mol. The number of carbonyl (C=O) groups excluding carboxylic acids is 2. The van der Waals surface area contributed by atoms with Gasteiger partial charge in [-0.25, -0.2) is 0 Å². The van der Waals surface area contributed by atoms with Gasteiger partial charge in [0.15, 0.2) is 0 Å². The number of para-hydroxylation sites is 1. The van der Waals surface area contributed by atoms with Crippen molar-refractivity contribution in [1.29, 1.82) is 0 Å². The zero-order valence-electron chi connectivity index (χ0n) is 15.7. The molecule has 0 aliphatic rings. The second kappa shape index (κ2) is 8.49. The summed E-state index contributed by atoms with van der Waals surface area (Å²) >= 11 is 0. The molecule has 0 aromatic heterocycles. The maximum Gasteiger partial charge on any atom is 0.309 e. The van der Waals surface area contributed by atoms with E-state index in [2.05, 4.69) is 5.32 Å². The molecule has 0 atom stereocenters. The lowest BCUT2D eigenvalue weighted by atomic mass is 9.90. The Bertz CT molecular complexity index is 831. The first-order valence-corrected chi connectivity index (χ1v) is 8.67. The Morgan fingerprint density at radius 1 is 1.00 bits per heavy atom. The average Bonchev–Trinajstić information content (AvgIpc) is 2.67. The van der Waals surface area contributed by atoms with Crippen molar-refractivity contribution >= 4 is 23.5 Å². The first-order valence-electron chi connectivity index (χ1n) is 8.67. The lowest BCUT2D eigenvalue weighted by Gasteiger charge is -2.19. The first-order chi connectivity index (χ1) is 12.7. The van der Waals surface area contributed by atoms with Crippen LogP contribution >= 0.6 is 0 Å². The van der Waals surface area contributed by atoms with E-state index >= 15 is 0 Å². The van der Waals surface area contributed by atoms with Crippen LogP contribution in [0, 0.1) is 5.41 Å². The lowest BCUT2D eigenvalue weighted by Crippen LogP contribution is -2.32. The van der Waals surface area contributed by atoms with Crippen LogP contribution in [0.3, 0.4) is 0 Å². The van der Waals surface area contributed by atoms with E-state index in [0.717, 1.165) is 5.69 Å². The molecule has 6 heteroatoms. The van der Waals surface area contributed by atoms with E-state index in [1.165, 1.54) is 4.90 Å². The molecule has 2 rings (SSSR count). The molecule has 0 aliphatic carbocycles. The first kappa shape index (κ1) is 20.2. The molecule has 0 heterocycles. The van der Waals surface area contributed by atoms with Gasteiger partial charge in [0, 0.05) is 30.4 Å². The molecule has 0 saturated carbocycles. The average molecular weight is 368 g/mol. The molecule has 0 bridgehead atoms. The van der Waals surface area contributed by atoms with Gasteiger partial charge in [0.05, 0.1) is 5.41 Å². The number of carbonyl (C=O) groups is 3. The minimum absolute atomic E-state index is 0.220. The summed E-state index contributed by atoms with van der Waals surface area (Å²) < 4.78 is 0. The van der Waals surface area contributed by atoms with Gasteiger partial charge in [-0.1, -0.05) is 24.3 Å². The van der Waals surface area contributed by atoms with Crippen LogP contribution in [0.2, 0.25) is 0 Å². The van der Waals surface area contributed by atoms with E-state index in [4.69, 9.17) is 5.11 Å². The van der Waals surface area contributed by atoms with Crippen LogP contribution < -0.4 is 10.2 Å². The third-order valence-electron chi connectivity index (χ3n) is 4.43. The maximum absolute atomic E-state index is 12.7. The Kier molecular flexibility index (Phi) is 6.34. The number of nitrogens with zero attached hydrogens (tertiary/aromatic N) is 1. The Balaban J connectivity index is 2.05. The van der Waals surface area contributed by atoms with E-state index in [1.54, 1.807) is 45.2 Å². The Hall–Kier alpha value is -3.15. The summed E-state index contributed by atoms with van der Waals surface area (Å²) in [6.07, 6.45) is 0.309. The van der Waals surface area contributed by atoms with Gasteiger partial charge in [-0.3, -0.25) is 14.4 Å². The molecule has 0 fully saturated rings. The van der Waals surface area contributed by atoms with Crippen molar-refractivity contribution in [2.45, 2.75) is 20.3 Å². The standard InChI is InChI=1S/C21H24N2O4/c1-21(2,20(26)27)12-13-22-18(24)15-8-7-9-16(14-15)19(25)23(3)17-10-5-4-6-11-17/h4-11,14H,12-13H2,1-3H3,(H,22,24)(H,26,27). The van der Waals surface area contributed by atoms with Crippen molar-refractivity contribution in [2.75, 3.05) is 18.5 Å². The smallest absolute Gasteiger partial charge is 0.309 e. The number of hydrogen-bond donors (Lipinski definition) is 2. The molecule has 2 aromatic carbocycles. The topological polar surface area (TPSA) is 86.7 Å². The van der Waals surface area contributed by atoms with E-state index in [9.17, 15) is 14.4 Å². The van der Waals surface area contributed by atoms with E-state index in [-0.39, 0.29) is 18.4 Å². The molecule has 0 saturated heterocycles. The molecule has 142 valence electrons. The number of aliphatic carboxylic acids is 1. The quantitative estimate of drug-likeness (QED) is 0.786. The van der Waals surface area contributed by atoms with Crippen molar-refractivity contribution in [3.63, 3.8) is 0 Å². The molecular formula is C21H24N2O4. The molecule has 0 aliphatic heterocycles. The van der Waals surface area contributed by atoms with Gasteiger partial charge in [0.1, 0.15) is 0 Å². The summed E-state index contributed by atoms with van der Waals surface area (Å²) in [4.78, 5) is 37.6. The zero-order chi connectivity index (χ0) is 20.0. The largest absolute Gasteiger partial charge is 0.481 e. The molecule has 6 nitrogen and oxygen atoms in total. The maximum atomic E-state index is 12.7. The van der Waals surface area contributed by atoms with Crippen LogP contribution in [0.25, 0.3) is 0 Å². The van der Waals surface area contributed by atoms with Crippen molar-refractivity contribution in [3.8, 4) is 0 Å². The molecule has 2 aromatic rings. The fraction of sp³-hybridized carbons (Fsp3) is 0.286. The van der Waals surface area contributed by atoms with E-state index < -0.39 is 11.4 Å². The normalized spacial score (nSPS) is 10.9. The predicted molar refractivity (Wildman–Crippen MR) is 104 cm³/mol. The summed E-state index contributed by atoms with van der Waals surface area (Å²) in [6, 6.07) is 15.7. The third-order valence-corrected chi connectivity index (χ3v) is 4.43. The van der Waals surface area contributed by atoms with E-state index in [0.29, 0.717) is 17.5 Å². The van der Waals surface area contributed by atoms with Gasteiger partial charge >= 0.3 is 5.97 Å². The summed E-state index contributed by atoms with van der Waals surface area (Å²) in [7, 11) is 1.68. The van der Waals surface area contributed by atoms with Gasteiger partial charge < -0.3 is 15.3 Å². The summed E-state index contributed by atoms with van der Waals surface area (Å²) in [5.74, 6) is -1.47. The number of nitrogens with one attached hydrogen (secondary N) is 1. The van der Waals surface area contributed by atoms with Crippen LogP contribution in [-0.2, 0) is 4.79 Å². The number of hydrogen-bond acceptors (Lipinski definition) is 3. The second-order valence-corrected chi connectivity index (χ2v) is 6.98. The molecule has 0 radical (unpaired) electrons. The number of rotatable bonds is 7. The van der Waals surface area contributed by atoms with Crippen molar-refractivity contribution in [3.05, 3.63) is 65.7 Å². The summed E-state index contributed by atoms with van der Waals surface area (Å²) in [6.45, 7) is 3.46. The monoisotopic (exact) mass is 368 g/mol. The number of carboxylic acids is 1. The molecule has 2 N–H and O–H groups in total. The van der Waals surface area contributed by atoms with E-state index in [1.807, 2.05) is 30.3 Å². The SMILES string of the molecule is CN(C(=O)c1cccc(C(=O)NCCC(C)(C)C(=O)O)c1)c1ccccc1. The zero-order valence-corrected chi connectivity index (χ0v) is 15.7. The molecule has 0 spiro atoms. The number of benzene rings is 2. The van der Waals surface area contributed by atoms with Gasteiger partial charge in [0.2, 0.25) is 0 Å². The van der Waals surface area contributed by atoms with Crippen molar-refractivity contribution < 1.29 is 19.5 Å². The highest BCUT2D eigenvalue weighted by Crippen LogP contribution is 2.19. The third kappa shape index (κ3) is 5.17. The van der Waals surface area contributed by atoms with Crippen LogP contribution in [0.5, 0.6) is 0 Å². The van der Waals surface area contributed by atoms with Gasteiger partial charge in [-0.15, -0.1) is 0 Å². The molecule has 0 unspecified atom stereocenters. The van der Waals surface area contributed by atoms with Crippen LogP contribution in [0.1, 0.15) is 41.0 Å². The Morgan fingerprint density at radius 2 is 1.63 bits per heavy atom. The van der Waals surface area contributed by atoms with Crippen molar-refractivity contribution in [1.82, 2.24) is 5.32 Å². The number of carboxylic acid groups (broad SMARTS) is 1. The minimum atomic E-state index is -0.913. The van der Waals surface area contributed by atoms with Crippen LogP contribution in [0.15, 0.2) is 54.6 Å². The number of amides is 2. The molecule has 27 heavy (non-hydrogen) atoms. The highest BCUT2D eigenvalue weighted by Gasteiger charge is 2.26. The van der Waals surface area contributed by atoms with Gasteiger partial charge in [-0.05, 0) is 50.6 Å².